The standard InChI is InChI=1S/C26H22N4O8/c31-25(29-27-11-17-1-7-21-23(9-17)37-15-35-21)13-33-19-3-5-20(6-4-19)34-14-26(32)30-28-12-18-2-8-22-24(10-18)38-16-36-22/h1-12H,13-16H2,(H,29,31)(H,30,32)/b27-11+,28-12+. The number of carbonyl (C=O) groups is 2. The van der Waals surface area contributed by atoms with E-state index >= 15 is 0 Å². The zero-order valence-corrected chi connectivity index (χ0v) is 19.9. The highest BCUT2D eigenvalue weighted by Crippen LogP contribution is 2.32. The molecule has 3 aromatic rings. The summed E-state index contributed by atoms with van der Waals surface area (Å²) >= 11 is 0. The lowest BCUT2D eigenvalue weighted by Crippen LogP contribution is -2.25. The van der Waals surface area contributed by atoms with Crippen molar-refractivity contribution in [1.29, 1.82) is 0 Å². The average Bonchev–Trinajstić information content (AvgIpc) is 3.60. The monoisotopic (exact) mass is 518 g/mol. The van der Waals surface area contributed by atoms with E-state index in [0.29, 0.717) is 34.5 Å². The Balaban J connectivity index is 0.994. The topological polar surface area (TPSA) is 138 Å². The SMILES string of the molecule is O=C(COc1ccc(OCC(=O)N/N=C/c2ccc3c(c2)OCO3)cc1)N/N=C/c1ccc2c(c1)OCO2. The molecule has 5 rings (SSSR count). The number of ether oxygens (including phenoxy) is 6. The van der Waals surface area contributed by atoms with Gasteiger partial charge in [0.15, 0.2) is 36.2 Å². The maximum atomic E-state index is 12.0. The quantitative estimate of drug-likeness (QED) is 0.308. The van der Waals surface area contributed by atoms with Gasteiger partial charge >= 0.3 is 0 Å². The molecule has 2 amide bonds. The normalized spacial score (nSPS) is 13.1. The van der Waals surface area contributed by atoms with Crippen molar-refractivity contribution in [1.82, 2.24) is 10.9 Å². The first-order valence-electron chi connectivity index (χ1n) is 11.4. The Morgan fingerprint density at radius 2 is 1.08 bits per heavy atom. The lowest BCUT2D eigenvalue weighted by Gasteiger charge is -2.08. The van der Waals surface area contributed by atoms with Crippen LogP contribution < -0.4 is 39.3 Å². The number of benzene rings is 3. The average molecular weight is 518 g/mol. The summed E-state index contributed by atoms with van der Waals surface area (Å²) in [5, 5.41) is 7.81. The van der Waals surface area contributed by atoms with E-state index in [9.17, 15) is 9.59 Å². The van der Waals surface area contributed by atoms with Crippen LogP contribution in [0.5, 0.6) is 34.5 Å². The predicted molar refractivity (Wildman–Crippen MR) is 134 cm³/mol. The summed E-state index contributed by atoms with van der Waals surface area (Å²) in [6, 6.07) is 17.1. The molecule has 2 heterocycles. The van der Waals surface area contributed by atoms with Crippen molar-refractivity contribution >= 4 is 24.2 Å². The van der Waals surface area contributed by atoms with Gasteiger partial charge in [-0.15, -0.1) is 0 Å². The van der Waals surface area contributed by atoms with Crippen molar-refractivity contribution in [2.75, 3.05) is 26.8 Å². The van der Waals surface area contributed by atoms with Gasteiger partial charge in [-0.2, -0.15) is 10.2 Å². The van der Waals surface area contributed by atoms with E-state index in [0.717, 1.165) is 11.1 Å². The van der Waals surface area contributed by atoms with Crippen molar-refractivity contribution in [2.45, 2.75) is 0 Å². The molecule has 2 aliphatic rings. The third-order valence-electron chi connectivity index (χ3n) is 5.16. The van der Waals surface area contributed by atoms with Crippen LogP contribution in [0.4, 0.5) is 0 Å². The Labute approximate surface area is 216 Å². The molecule has 3 aromatic carbocycles. The van der Waals surface area contributed by atoms with Crippen molar-refractivity contribution in [3.63, 3.8) is 0 Å². The van der Waals surface area contributed by atoms with Crippen LogP contribution >= 0.6 is 0 Å². The Morgan fingerprint density at radius 1 is 0.658 bits per heavy atom. The molecule has 0 atom stereocenters. The van der Waals surface area contributed by atoms with Crippen molar-refractivity contribution < 1.29 is 38.0 Å². The van der Waals surface area contributed by atoms with Gasteiger partial charge in [0.05, 0.1) is 12.4 Å². The molecule has 0 spiro atoms. The summed E-state index contributed by atoms with van der Waals surface area (Å²) in [5.74, 6) is 2.63. The first-order valence-corrected chi connectivity index (χ1v) is 11.4. The summed E-state index contributed by atoms with van der Waals surface area (Å²) in [4.78, 5) is 24.0. The number of nitrogens with zero attached hydrogens (tertiary/aromatic N) is 2. The number of hydrogen-bond donors (Lipinski definition) is 2. The minimum absolute atomic E-state index is 0.186. The zero-order chi connectivity index (χ0) is 26.2. The van der Waals surface area contributed by atoms with Gasteiger partial charge in [-0.1, -0.05) is 0 Å². The minimum atomic E-state index is -0.430. The molecule has 0 fully saturated rings. The summed E-state index contributed by atoms with van der Waals surface area (Å²) in [7, 11) is 0. The lowest BCUT2D eigenvalue weighted by molar-refractivity contribution is -0.123. The highest BCUT2D eigenvalue weighted by Gasteiger charge is 2.13. The second-order valence-corrected chi connectivity index (χ2v) is 7.86. The Morgan fingerprint density at radius 3 is 1.53 bits per heavy atom. The minimum Gasteiger partial charge on any atom is -0.484 e. The molecule has 38 heavy (non-hydrogen) atoms. The fourth-order valence-corrected chi connectivity index (χ4v) is 3.34. The molecular formula is C26H22N4O8. The van der Waals surface area contributed by atoms with Crippen molar-refractivity contribution in [3.05, 3.63) is 71.8 Å². The number of fused-ring (bicyclic) bond motifs is 2. The van der Waals surface area contributed by atoms with Gasteiger partial charge in [-0.25, -0.2) is 10.9 Å². The van der Waals surface area contributed by atoms with E-state index in [1.54, 1.807) is 60.7 Å². The fourth-order valence-electron chi connectivity index (χ4n) is 3.34. The van der Waals surface area contributed by atoms with E-state index in [2.05, 4.69) is 21.1 Å². The number of hydrogen-bond acceptors (Lipinski definition) is 10. The Bertz CT molecular complexity index is 1270. The van der Waals surface area contributed by atoms with E-state index in [-0.39, 0.29) is 26.8 Å². The van der Waals surface area contributed by atoms with E-state index < -0.39 is 11.8 Å². The number of amides is 2. The molecule has 0 aromatic heterocycles. The molecule has 0 saturated heterocycles. The van der Waals surface area contributed by atoms with Crippen LogP contribution in [0, 0.1) is 0 Å². The third kappa shape index (κ3) is 6.49. The first-order chi connectivity index (χ1) is 18.6. The molecule has 0 aliphatic carbocycles. The summed E-state index contributed by atoms with van der Waals surface area (Å²) < 4.78 is 32.0. The van der Waals surface area contributed by atoms with Gasteiger partial charge < -0.3 is 28.4 Å². The molecule has 12 nitrogen and oxygen atoms in total. The van der Waals surface area contributed by atoms with Crippen LogP contribution in [0.1, 0.15) is 11.1 Å². The number of carbonyl (C=O) groups excluding carboxylic acids is 2. The molecule has 2 aliphatic heterocycles. The van der Waals surface area contributed by atoms with Gasteiger partial charge in [0.2, 0.25) is 13.6 Å². The number of nitrogens with one attached hydrogen (secondary N) is 2. The lowest BCUT2D eigenvalue weighted by atomic mass is 10.2. The van der Waals surface area contributed by atoms with Crippen LogP contribution in [-0.4, -0.2) is 51.0 Å². The summed E-state index contributed by atoms with van der Waals surface area (Å²) in [5.41, 5.74) is 6.28. The second kappa shape index (κ2) is 11.6. The van der Waals surface area contributed by atoms with Gasteiger partial charge in [0, 0.05) is 0 Å². The molecular weight excluding hydrogens is 496 g/mol. The summed E-state index contributed by atoms with van der Waals surface area (Å²) in [6.45, 7) is -0.0951. The number of hydrazone groups is 2. The Hall–Kier alpha value is -5.26. The summed E-state index contributed by atoms with van der Waals surface area (Å²) in [6.07, 6.45) is 2.98. The molecule has 194 valence electrons. The molecule has 0 unspecified atom stereocenters. The fraction of sp³-hybridized carbons (Fsp3) is 0.154. The maximum Gasteiger partial charge on any atom is 0.277 e. The van der Waals surface area contributed by atoms with Gasteiger partial charge in [0.25, 0.3) is 11.8 Å². The predicted octanol–water partition coefficient (Wildman–Crippen LogP) is 2.20. The van der Waals surface area contributed by atoms with Gasteiger partial charge in [-0.3, -0.25) is 9.59 Å². The highest BCUT2D eigenvalue weighted by molar-refractivity contribution is 5.84. The number of rotatable bonds is 10. The maximum absolute atomic E-state index is 12.0. The first kappa shape index (κ1) is 24.4. The van der Waals surface area contributed by atoms with E-state index in [4.69, 9.17) is 28.4 Å². The van der Waals surface area contributed by atoms with Crippen LogP contribution in [0.2, 0.25) is 0 Å². The van der Waals surface area contributed by atoms with Crippen molar-refractivity contribution in [3.8, 4) is 34.5 Å². The Kier molecular flexibility index (Phi) is 7.49. The van der Waals surface area contributed by atoms with Crippen LogP contribution in [0.15, 0.2) is 70.9 Å². The van der Waals surface area contributed by atoms with E-state index in [1.165, 1.54) is 12.4 Å². The van der Waals surface area contributed by atoms with Crippen molar-refractivity contribution in [2.24, 2.45) is 10.2 Å². The largest absolute Gasteiger partial charge is 0.484 e. The molecule has 0 bridgehead atoms. The molecule has 2 N–H and O–H groups in total. The van der Waals surface area contributed by atoms with Crippen LogP contribution in [-0.2, 0) is 9.59 Å². The highest BCUT2D eigenvalue weighted by atomic mass is 16.7. The van der Waals surface area contributed by atoms with Crippen LogP contribution in [0.25, 0.3) is 0 Å². The molecule has 12 heteroatoms. The van der Waals surface area contributed by atoms with E-state index in [1.807, 2.05) is 0 Å². The third-order valence-corrected chi connectivity index (χ3v) is 5.16. The van der Waals surface area contributed by atoms with Crippen LogP contribution in [0.3, 0.4) is 0 Å². The zero-order valence-electron chi connectivity index (χ0n) is 19.9. The molecule has 0 saturated carbocycles. The van der Waals surface area contributed by atoms with Gasteiger partial charge in [0.1, 0.15) is 11.5 Å². The second-order valence-electron chi connectivity index (χ2n) is 7.86. The smallest absolute Gasteiger partial charge is 0.277 e. The van der Waals surface area contributed by atoms with Gasteiger partial charge in [-0.05, 0) is 71.8 Å². The molecule has 0 radical (unpaired) electrons.